The Labute approximate surface area is 147 Å². The fourth-order valence-electron chi connectivity index (χ4n) is 1.41. The maximum absolute atomic E-state index is 10.9. The van der Waals surface area contributed by atoms with E-state index in [2.05, 4.69) is 0 Å². The van der Waals surface area contributed by atoms with Crippen molar-refractivity contribution in [3.8, 4) is 0 Å². The predicted molar refractivity (Wildman–Crippen MR) is 94.7 cm³/mol. The van der Waals surface area contributed by atoms with Crippen molar-refractivity contribution in [2.24, 2.45) is 0 Å². The number of hydrogen-bond acceptors (Lipinski definition) is 5. The third-order valence-electron chi connectivity index (χ3n) is 2.28. The summed E-state index contributed by atoms with van der Waals surface area (Å²) < 4.78 is 9.54. The topological polar surface area (TPSA) is 89.9 Å². The molecule has 1 rings (SSSR count). The van der Waals surface area contributed by atoms with Crippen LogP contribution in [0.2, 0.25) is 0 Å². The van der Waals surface area contributed by atoms with E-state index in [4.69, 9.17) is 14.6 Å². The molecule has 0 atom stereocenters. The smallest absolute Gasteiger partial charge is 0.331 e. The predicted octanol–water partition coefficient (Wildman–Crippen LogP) is 3.23. The Morgan fingerprint density at radius 3 is 1.64 bits per heavy atom. The number of ether oxygens (including phenoxy) is 2. The van der Waals surface area contributed by atoms with Crippen LogP contribution in [0, 0.1) is 0 Å². The SMILES string of the molecule is CC(C)OC(=O)C=CC(=O)OC(C)C.O=C(O)C=Cc1ccccc1. The van der Waals surface area contributed by atoms with Gasteiger partial charge in [-0.05, 0) is 39.3 Å². The van der Waals surface area contributed by atoms with Crippen molar-refractivity contribution >= 4 is 24.0 Å². The van der Waals surface area contributed by atoms with E-state index in [9.17, 15) is 14.4 Å². The van der Waals surface area contributed by atoms with Gasteiger partial charge < -0.3 is 14.6 Å². The van der Waals surface area contributed by atoms with Crippen LogP contribution < -0.4 is 0 Å². The molecular weight excluding hydrogens is 324 g/mol. The highest BCUT2D eigenvalue weighted by molar-refractivity contribution is 5.91. The molecule has 0 radical (unpaired) electrons. The van der Waals surface area contributed by atoms with Gasteiger partial charge in [-0.3, -0.25) is 0 Å². The first-order chi connectivity index (χ1) is 11.7. The summed E-state index contributed by atoms with van der Waals surface area (Å²) in [4.78, 5) is 31.9. The van der Waals surface area contributed by atoms with Gasteiger partial charge in [0, 0.05) is 18.2 Å². The van der Waals surface area contributed by atoms with Crippen LogP contribution in [0.15, 0.2) is 48.6 Å². The second-order valence-corrected chi connectivity index (χ2v) is 5.39. The highest BCUT2D eigenvalue weighted by Gasteiger charge is 2.03. The van der Waals surface area contributed by atoms with Crippen LogP contribution in [-0.4, -0.2) is 35.2 Å². The minimum Gasteiger partial charge on any atom is -0.478 e. The largest absolute Gasteiger partial charge is 0.478 e. The van der Waals surface area contributed by atoms with Gasteiger partial charge >= 0.3 is 17.9 Å². The average Bonchev–Trinajstić information content (AvgIpc) is 2.51. The molecule has 1 N–H and O–H groups in total. The molecule has 0 spiro atoms. The van der Waals surface area contributed by atoms with Gasteiger partial charge in [0.1, 0.15) is 0 Å². The molecule has 0 amide bonds. The molecule has 6 heteroatoms. The summed E-state index contributed by atoms with van der Waals surface area (Å²) in [7, 11) is 0. The number of carbonyl (C=O) groups excluding carboxylic acids is 2. The van der Waals surface area contributed by atoms with E-state index in [1.807, 2.05) is 30.3 Å². The lowest BCUT2D eigenvalue weighted by Crippen LogP contribution is -2.11. The molecule has 6 nitrogen and oxygen atoms in total. The summed E-state index contributed by atoms with van der Waals surface area (Å²) in [5.74, 6) is -2.00. The minimum atomic E-state index is -0.922. The number of carboxylic acid groups (broad SMARTS) is 1. The first-order valence-electron chi connectivity index (χ1n) is 7.76. The second kappa shape index (κ2) is 12.5. The summed E-state index contributed by atoms with van der Waals surface area (Å²) >= 11 is 0. The molecule has 0 heterocycles. The van der Waals surface area contributed by atoms with Crippen molar-refractivity contribution in [1.82, 2.24) is 0 Å². The fraction of sp³-hybridized carbons (Fsp3) is 0.316. The third kappa shape index (κ3) is 14.4. The molecular formula is C19H24O6. The van der Waals surface area contributed by atoms with Crippen LogP contribution in [0.4, 0.5) is 0 Å². The number of benzene rings is 1. The van der Waals surface area contributed by atoms with Gasteiger partial charge in [-0.1, -0.05) is 30.3 Å². The molecule has 1 aromatic rings. The molecule has 0 saturated heterocycles. The van der Waals surface area contributed by atoms with Crippen molar-refractivity contribution in [2.75, 3.05) is 0 Å². The van der Waals surface area contributed by atoms with Gasteiger partial charge in [0.15, 0.2) is 0 Å². The van der Waals surface area contributed by atoms with Crippen LogP contribution >= 0.6 is 0 Å². The number of rotatable bonds is 6. The summed E-state index contributed by atoms with van der Waals surface area (Å²) in [6.45, 7) is 6.94. The van der Waals surface area contributed by atoms with Gasteiger partial charge in [-0.2, -0.15) is 0 Å². The van der Waals surface area contributed by atoms with E-state index in [0.717, 1.165) is 23.8 Å². The van der Waals surface area contributed by atoms with Crippen LogP contribution in [-0.2, 0) is 23.9 Å². The van der Waals surface area contributed by atoms with E-state index in [1.54, 1.807) is 33.8 Å². The number of carbonyl (C=O) groups is 3. The van der Waals surface area contributed by atoms with E-state index in [0.29, 0.717) is 0 Å². The average molecular weight is 348 g/mol. The minimum absolute atomic E-state index is 0.187. The molecule has 25 heavy (non-hydrogen) atoms. The maximum Gasteiger partial charge on any atom is 0.331 e. The zero-order valence-electron chi connectivity index (χ0n) is 14.8. The molecule has 0 aliphatic heterocycles. The summed E-state index contributed by atoms with van der Waals surface area (Å²) in [5, 5.41) is 8.29. The zero-order chi connectivity index (χ0) is 19.2. The van der Waals surface area contributed by atoms with Crippen molar-refractivity contribution in [3.63, 3.8) is 0 Å². The quantitative estimate of drug-likeness (QED) is 0.627. The lowest BCUT2D eigenvalue weighted by atomic mass is 10.2. The molecule has 1 aromatic carbocycles. The second-order valence-electron chi connectivity index (χ2n) is 5.39. The van der Waals surface area contributed by atoms with Crippen molar-refractivity contribution in [1.29, 1.82) is 0 Å². The van der Waals surface area contributed by atoms with E-state index < -0.39 is 17.9 Å². The van der Waals surface area contributed by atoms with Gasteiger partial charge in [0.25, 0.3) is 0 Å². The summed E-state index contributed by atoms with van der Waals surface area (Å²) in [6.07, 6.45) is 4.43. The number of esters is 2. The highest BCUT2D eigenvalue weighted by atomic mass is 16.5. The Morgan fingerprint density at radius 2 is 1.28 bits per heavy atom. The Kier molecular flexibility index (Phi) is 11.1. The third-order valence-corrected chi connectivity index (χ3v) is 2.28. The highest BCUT2D eigenvalue weighted by Crippen LogP contribution is 2.00. The van der Waals surface area contributed by atoms with Gasteiger partial charge in [0.05, 0.1) is 12.2 Å². The Bertz CT molecular complexity index is 576. The molecule has 0 bridgehead atoms. The number of aliphatic carboxylic acids is 1. The fourth-order valence-corrected chi connectivity index (χ4v) is 1.41. The first-order valence-corrected chi connectivity index (χ1v) is 7.76. The molecule has 0 aliphatic rings. The number of hydrogen-bond donors (Lipinski definition) is 1. The van der Waals surface area contributed by atoms with Crippen LogP contribution in [0.5, 0.6) is 0 Å². The molecule has 0 aliphatic carbocycles. The lowest BCUT2D eigenvalue weighted by molar-refractivity contribution is -0.144. The van der Waals surface area contributed by atoms with Crippen LogP contribution in [0.1, 0.15) is 33.3 Å². The molecule has 136 valence electrons. The van der Waals surface area contributed by atoms with Crippen molar-refractivity contribution in [3.05, 3.63) is 54.1 Å². The molecule has 0 fully saturated rings. The maximum atomic E-state index is 10.9. The zero-order valence-corrected chi connectivity index (χ0v) is 14.8. The number of carboxylic acids is 1. The lowest BCUT2D eigenvalue weighted by Gasteiger charge is -2.05. The Balaban J connectivity index is 0.000000472. The Morgan fingerprint density at radius 1 is 0.840 bits per heavy atom. The summed E-state index contributed by atoms with van der Waals surface area (Å²) in [6, 6.07) is 9.31. The van der Waals surface area contributed by atoms with Crippen molar-refractivity contribution < 1.29 is 29.0 Å². The van der Waals surface area contributed by atoms with Crippen LogP contribution in [0.3, 0.4) is 0 Å². The normalized spacial score (nSPS) is 10.6. The molecule has 0 aromatic heterocycles. The van der Waals surface area contributed by atoms with Gasteiger partial charge in [-0.15, -0.1) is 0 Å². The van der Waals surface area contributed by atoms with E-state index in [1.165, 1.54) is 0 Å². The van der Waals surface area contributed by atoms with E-state index in [-0.39, 0.29) is 12.2 Å². The van der Waals surface area contributed by atoms with Crippen LogP contribution in [0.25, 0.3) is 6.08 Å². The first kappa shape index (κ1) is 22.1. The molecule has 0 saturated carbocycles. The van der Waals surface area contributed by atoms with Gasteiger partial charge in [-0.25, -0.2) is 14.4 Å². The van der Waals surface area contributed by atoms with Gasteiger partial charge in [0.2, 0.25) is 0 Å². The monoisotopic (exact) mass is 348 g/mol. The Hall–Kier alpha value is -2.89. The standard InChI is InChI=1S/C10H16O4.C9H8O2/c1-7(2)13-9(11)5-6-10(12)14-8(3)4;10-9(11)7-6-8-4-2-1-3-5-8/h5-8H,1-4H3;1-7H,(H,10,11). The molecule has 0 unspecified atom stereocenters. The van der Waals surface area contributed by atoms with E-state index >= 15 is 0 Å². The summed E-state index contributed by atoms with van der Waals surface area (Å²) in [5.41, 5.74) is 0.898. The van der Waals surface area contributed by atoms with Crippen molar-refractivity contribution in [2.45, 2.75) is 39.9 Å².